The third kappa shape index (κ3) is 5.66. The van der Waals surface area contributed by atoms with Gasteiger partial charge < -0.3 is 10.1 Å². The fourth-order valence-electron chi connectivity index (χ4n) is 3.17. The van der Waals surface area contributed by atoms with Crippen LogP contribution >= 0.6 is 0 Å². The van der Waals surface area contributed by atoms with Crippen molar-refractivity contribution in [2.45, 2.75) is 31.2 Å². The molecule has 3 aromatic rings. The second-order valence-electron chi connectivity index (χ2n) is 7.16. The lowest BCUT2D eigenvalue weighted by Gasteiger charge is -2.17. The number of hydrogen-bond donors (Lipinski definition) is 2. The maximum Gasteiger partial charge on any atom is 0.238 e. The van der Waals surface area contributed by atoms with E-state index in [4.69, 9.17) is 14.9 Å². The van der Waals surface area contributed by atoms with Crippen LogP contribution in [0.4, 0.5) is 4.39 Å². The highest BCUT2D eigenvalue weighted by Gasteiger charge is 2.17. The standard InChI is InChI=1S/C23H26FN3O3S/c1-3-4-13-30-23-18(15-26-2)14-21(16-7-11-20(12-8-16)31(25,28)29)22(27-23)17-5-9-19(24)10-6-17/h5-12,14,26H,3-4,13,15H2,1-2H3,(H2,25,28,29). The summed E-state index contributed by atoms with van der Waals surface area (Å²) in [6, 6.07) is 14.3. The van der Waals surface area contributed by atoms with Crippen molar-refractivity contribution in [1.82, 2.24) is 10.3 Å². The minimum absolute atomic E-state index is 0.0301. The molecule has 6 nitrogen and oxygen atoms in total. The molecule has 0 spiro atoms. The fourth-order valence-corrected chi connectivity index (χ4v) is 3.68. The monoisotopic (exact) mass is 443 g/mol. The Balaban J connectivity index is 2.16. The van der Waals surface area contributed by atoms with E-state index < -0.39 is 10.0 Å². The van der Waals surface area contributed by atoms with Crippen LogP contribution in [0.5, 0.6) is 5.88 Å². The molecule has 0 saturated carbocycles. The van der Waals surface area contributed by atoms with E-state index in [1.807, 2.05) is 13.1 Å². The van der Waals surface area contributed by atoms with Gasteiger partial charge in [-0.3, -0.25) is 0 Å². The molecular weight excluding hydrogens is 417 g/mol. The number of nitrogens with two attached hydrogens (primary N) is 1. The first-order valence-electron chi connectivity index (χ1n) is 10.0. The molecule has 0 amide bonds. The van der Waals surface area contributed by atoms with Gasteiger partial charge in [-0.25, -0.2) is 22.9 Å². The van der Waals surface area contributed by atoms with Crippen molar-refractivity contribution in [3.63, 3.8) is 0 Å². The summed E-state index contributed by atoms with van der Waals surface area (Å²) in [5.41, 5.74) is 3.75. The molecule has 31 heavy (non-hydrogen) atoms. The maximum atomic E-state index is 13.5. The van der Waals surface area contributed by atoms with Gasteiger partial charge in [-0.05, 0) is 61.5 Å². The van der Waals surface area contributed by atoms with Crippen LogP contribution in [0.15, 0.2) is 59.5 Å². The van der Waals surface area contributed by atoms with Gasteiger partial charge in [-0.2, -0.15) is 0 Å². The van der Waals surface area contributed by atoms with Crippen LogP contribution < -0.4 is 15.2 Å². The predicted molar refractivity (Wildman–Crippen MR) is 120 cm³/mol. The van der Waals surface area contributed by atoms with Gasteiger partial charge in [0.05, 0.1) is 17.2 Å². The maximum absolute atomic E-state index is 13.5. The van der Waals surface area contributed by atoms with E-state index in [9.17, 15) is 12.8 Å². The van der Waals surface area contributed by atoms with Crippen molar-refractivity contribution < 1.29 is 17.5 Å². The molecule has 0 bridgehead atoms. The molecule has 0 fully saturated rings. The lowest BCUT2D eigenvalue weighted by molar-refractivity contribution is 0.294. The first kappa shape index (κ1) is 22.9. The summed E-state index contributed by atoms with van der Waals surface area (Å²) in [7, 11) is -1.95. The third-order valence-electron chi connectivity index (χ3n) is 4.78. The average Bonchev–Trinajstić information content (AvgIpc) is 2.75. The predicted octanol–water partition coefficient (Wildman–Crippen LogP) is 4.10. The normalized spacial score (nSPS) is 11.5. The highest BCUT2D eigenvalue weighted by atomic mass is 32.2. The quantitative estimate of drug-likeness (QED) is 0.486. The number of nitrogens with zero attached hydrogens (tertiary/aromatic N) is 1. The summed E-state index contributed by atoms with van der Waals surface area (Å²) >= 11 is 0. The van der Waals surface area contributed by atoms with E-state index in [-0.39, 0.29) is 10.7 Å². The Morgan fingerprint density at radius 3 is 2.29 bits per heavy atom. The lowest BCUT2D eigenvalue weighted by Crippen LogP contribution is -2.12. The second kappa shape index (κ2) is 10.00. The molecule has 0 aliphatic heterocycles. The average molecular weight is 444 g/mol. The van der Waals surface area contributed by atoms with Crippen LogP contribution in [0.1, 0.15) is 25.3 Å². The molecular formula is C23H26FN3O3S. The number of sulfonamides is 1. The summed E-state index contributed by atoms with van der Waals surface area (Å²) in [5.74, 6) is 0.182. The molecule has 1 heterocycles. The minimum atomic E-state index is -3.79. The second-order valence-corrected chi connectivity index (χ2v) is 8.72. The number of unbranched alkanes of at least 4 members (excludes halogenated alkanes) is 1. The van der Waals surface area contributed by atoms with Crippen LogP contribution in [0.2, 0.25) is 0 Å². The van der Waals surface area contributed by atoms with E-state index in [2.05, 4.69) is 12.2 Å². The van der Waals surface area contributed by atoms with Crippen molar-refractivity contribution >= 4 is 10.0 Å². The molecule has 0 unspecified atom stereocenters. The summed E-state index contributed by atoms with van der Waals surface area (Å²) < 4.78 is 42.7. The Bertz CT molecular complexity index is 1130. The van der Waals surface area contributed by atoms with Gasteiger partial charge in [0, 0.05) is 23.2 Å². The van der Waals surface area contributed by atoms with Crippen molar-refractivity contribution in [3.05, 3.63) is 66.0 Å². The van der Waals surface area contributed by atoms with Gasteiger partial charge in [-0.1, -0.05) is 25.5 Å². The van der Waals surface area contributed by atoms with Crippen molar-refractivity contribution in [3.8, 4) is 28.3 Å². The molecule has 3 N–H and O–H groups in total. The zero-order valence-electron chi connectivity index (χ0n) is 17.6. The molecule has 0 aliphatic carbocycles. The molecule has 0 radical (unpaired) electrons. The SMILES string of the molecule is CCCCOc1nc(-c2ccc(F)cc2)c(-c2ccc(S(N)(=O)=O)cc2)cc1CNC. The van der Waals surface area contributed by atoms with Gasteiger partial charge in [0.15, 0.2) is 0 Å². The number of primary sulfonamides is 1. The lowest BCUT2D eigenvalue weighted by atomic mass is 9.97. The number of aromatic nitrogens is 1. The van der Waals surface area contributed by atoms with E-state index in [0.29, 0.717) is 24.7 Å². The van der Waals surface area contributed by atoms with Crippen LogP contribution in [0, 0.1) is 5.82 Å². The highest BCUT2D eigenvalue weighted by molar-refractivity contribution is 7.89. The zero-order valence-corrected chi connectivity index (χ0v) is 18.4. The minimum Gasteiger partial charge on any atom is -0.477 e. The van der Waals surface area contributed by atoms with Gasteiger partial charge in [0.2, 0.25) is 15.9 Å². The number of pyridine rings is 1. The summed E-state index contributed by atoms with van der Waals surface area (Å²) in [6.45, 7) is 3.18. The van der Waals surface area contributed by atoms with E-state index in [0.717, 1.165) is 35.1 Å². The van der Waals surface area contributed by atoms with Crippen LogP contribution in [0.3, 0.4) is 0 Å². The molecule has 0 aliphatic rings. The van der Waals surface area contributed by atoms with Crippen molar-refractivity contribution in [2.75, 3.05) is 13.7 Å². The van der Waals surface area contributed by atoms with Gasteiger partial charge >= 0.3 is 0 Å². The van der Waals surface area contributed by atoms with Gasteiger partial charge in [0.1, 0.15) is 5.82 Å². The van der Waals surface area contributed by atoms with Crippen LogP contribution in [-0.2, 0) is 16.6 Å². The summed E-state index contributed by atoms with van der Waals surface area (Å²) in [4.78, 5) is 4.81. The Kier molecular flexibility index (Phi) is 7.37. The van der Waals surface area contributed by atoms with E-state index in [1.54, 1.807) is 24.3 Å². The Labute approximate surface area is 182 Å². The first-order chi connectivity index (χ1) is 14.8. The zero-order chi connectivity index (χ0) is 22.4. The number of hydrogen-bond acceptors (Lipinski definition) is 5. The number of benzene rings is 2. The molecule has 3 rings (SSSR count). The van der Waals surface area contributed by atoms with Gasteiger partial charge in [-0.15, -0.1) is 0 Å². The third-order valence-corrected chi connectivity index (χ3v) is 5.71. The van der Waals surface area contributed by atoms with Crippen LogP contribution in [0.25, 0.3) is 22.4 Å². The number of ether oxygens (including phenoxy) is 1. The molecule has 1 aromatic heterocycles. The van der Waals surface area contributed by atoms with E-state index >= 15 is 0 Å². The molecule has 8 heteroatoms. The highest BCUT2D eigenvalue weighted by Crippen LogP contribution is 2.35. The molecule has 0 atom stereocenters. The molecule has 0 saturated heterocycles. The summed E-state index contributed by atoms with van der Waals surface area (Å²) in [5, 5.41) is 8.35. The smallest absolute Gasteiger partial charge is 0.238 e. The van der Waals surface area contributed by atoms with Crippen molar-refractivity contribution in [1.29, 1.82) is 0 Å². The number of nitrogens with one attached hydrogen (secondary N) is 1. The number of rotatable bonds is 9. The van der Waals surface area contributed by atoms with Crippen LogP contribution in [-0.4, -0.2) is 27.1 Å². The molecule has 2 aromatic carbocycles. The largest absolute Gasteiger partial charge is 0.477 e. The van der Waals surface area contributed by atoms with Crippen molar-refractivity contribution in [2.24, 2.45) is 5.14 Å². The Hall–Kier alpha value is -2.81. The summed E-state index contributed by atoms with van der Waals surface area (Å²) in [6.07, 6.45) is 1.91. The number of halogens is 1. The Morgan fingerprint density at radius 1 is 1.06 bits per heavy atom. The topological polar surface area (TPSA) is 94.3 Å². The van der Waals surface area contributed by atoms with E-state index in [1.165, 1.54) is 24.3 Å². The first-order valence-corrected chi connectivity index (χ1v) is 11.6. The Morgan fingerprint density at radius 2 is 1.71 bits per heavy atom. The van der Waals surface area contributed by atoms with Gasteiger partial charge in [0.25, 0.3) is 0 Å². The molecule has 164 valence electrons. The fraction of sp³-hybridized carbons (Fsp3) is 0.261.